The first kappa shape index (κ1) is 20.3. The van der Waals surface area contributed by atoms with Crippen LogP contribution in [0, 0.1) is 5.82 Å². The molecule has 0 aliphatic carbocycles. The number of aryl methyl sites for hydroxylation is 1. The van der Waals surface area contributed by atoms with E-state index in [1.807, 2.05) is 19.1 Å². The molecule has 146 valence electrons. The second-order valence-electron chi connectivity index (χ2n) is 6.15. The van der Waals surface area contributed by atoms with Gasteiger partial charge in [-0.2, -0.15) is 0 Å². The average Bonchev–Trinajstić information content (AvgIpc) is 3.15. The fraction of sp³-hybridized carbons (Fsp3) is 0.250. The molecule has 2 N–H and O–H groups in total. The van der Waals surface area contributed by atoms with Crippen molar-refractivity contribution in [1.29, 1.82) is 0 Å². The molecule has 2 aromatic carbocycles. The molecule has 0 bridgehead atoms. The average molecular weight is 417 g/mol. The predicted octanol–water partition coefficient (Wildman–Crippen LogP) is 4.95. The first-order chi connectivity index (χ1) is 13.5. The van der Waals surface area contributed by atoms with Crippen molar-refractivity contribution in [2.24, 2.45) is 0 Å². The van der Waals surface area contributed by atoms with Crippen LogP contribution in [0.1, 0.15) is 31.0 Å². The van der Waals surface area contributed by atoms with Gasteiger partial charge in [0, 0.05) is 0 Å². The Hall–Kier alpha value is -2.45. The summed E-state index contributed by atoms with van der Waals surface area (Å²) in [6.07, 6.45) is 0.993. The maximum atomic E-state index is 13.7. The fourth-order valence-corrected chi connectivity index (χ4v) is 4.11. The summed E-state index contributed by atoms with van der Waals surface area (Å²) in [4.78, 5) is 12.2. The van der Waals surface area contributed by atoms with Gasteiger partial charge in [0.2, 0.25) is 11.0 Å². The Labute approximate surface area is 171 Å². The second-order valence-corrected chi connectivity index (χ2v) is 8.35. The predicted molar refractivity (Wildman–Crippen MR) is 113 cm³/mol. The van der Waals surface area contributed by atoms with Crippen LogP contribution < -0.4 is 10.6 Å². The maximum Gasteiger partial charge on any atom is 0.230 e. The molecule has 1 aromatic heterocycles. The van der Waals surface area contributed by atoms with E-state index in [4.69, 9.17) is 0 Å². The van der Waals surface area contributed by atoms with Crippen molar-refractivity contribution in [3.63, 3.8) is 0 Å². The minimum atomic E-state index is -0.354. The molecule has 28 heavy (non-hydrogen) atoms. The number of para-hydroxylation sites is 1. The summed E-state index contributed by atoms with van der Waals surface area (Å²) in [6, 6.07) is 14.6. The zero-order valence-electron chi connectivity index (χ0n) is 15.6. The first-order valence-corrected chi connectivity index (χ1v) is 10.7. The summed E-state index contributed by atoms with van der Waals surface area (Å²) in [5, 5.41) is 14.4. The van der Waals surface area contributed by atoms with Gasteiger partial charge in [-0.3, -0.25) is 4.79 Å². The molecule has 3 aromatic rings. The van der Waals surface area contributed by atoms with Gasteiger partial charge in [0.15, 0.2) is 4.34 Å². The monoisotopic (exact) mass is 416 g/mol. The molecule has 0 saturated carbocycles. The smallest absolute Gasteiger partial charge is 0.230 e. The van der Waals surface area contributed by atoms with E-state index in [2.05, 4.69) is 39.9 Å². The van der Waals surface area contributed by atoms with Crippen LogP contribution in [0.2, 0.25) is 0 Å². The lowest BCUT2D eigenvalue weighted by Gasteiger charge is -2.14. The Morgan fingerprint density at radius 2 is 1.93 bits per heavy atom. The summed E-state index contributed by atoms with van der Waals surface area (Å²) in [5.74, 6) is -0.186. The number of amides is 1. The van der Waals surface area contributed by atoms with Crippen LogP contribution in [-0.4, -0.2) is 21.9 Å². The minimum absolute atomic E-state index is 0.0632. The van der Waals surface area contributed by atoms with E-state index in [0.717, 1.165) is 12.0 Å². The molecule has 0 spiro atoms. The Kier molecular flexibility index (Phi) is 7.00. The number of hydrogen-bond donors (Lipinski definition) is 2. The third-order valence-corrected chi connectivity index (χ3v) is 6.09. The largest absolute Gasteiger partial charge is 0.349 e. The first-order valence-electron chi connectivity index (χ1n) is 8.91. The molecular formula is C20H21FN4OS2. The number of nitrogens with zero attached hydrogens (tertiary/aromatic N) is 2. The lowest BCUT2D eigenvalue weighted by Crippen LogP contribution is -2.28. The number of nitrogens with one attached hydrogen (secondary N) is 2. The molecule has 1 atom stereocenters. The molecule has 0 aliphatic rings. The second kappa shape index (κ2) is 9.66. The third kappa shape index (κ3) is 5.53. The molecular weight excluding hydrogens is 395 g/mol. The van der Waals surface area contributed by atoms with Crippen LogP contribution in [-0.2, 0) is 11.2 Å². The Balaban J connectivity index is 1.49. The highest BCUT2D eigenvalue weighted by atomic mass is 32.2. The van der Waals surface area contributed by atoms with E-state index >= 15 is 0 Å². The molecule has 3 rings (SSSR count). The van der Waals surface area contributed by atoms with Crippen molar-refractivity contribution in [3.8, 4) is 0 Å². The third-order valence-electron chi connectivity index (χ3n) is 4.11. The van der Waals surface area contributed by atoms with Gasteiger partial charge < -0.3 is 10.6 Å². The summed E-state index contributed by atoms with van der Waals surface area (Å²) < 4.78 is 14.3. The SMILES string of the molecule is CCc1ccc(C(C)NC(=O)CSc2nnc(Nc3ccccc3F)s2)cc1. The quantitative estimate of drug-likeness (QED) is 0.509. The van der Waals surface area contributed by atoms with Gasteiger partial charge in [-0.15, -0.1) is 10.2 Å². The van der Waals surface area contributed by atoms with Crippen molar-refractivity contribution in [3.05, 3.63) is 65.5 Å². The minimum Gasteiger partial charge on any atom is -0.349 e. The van der Waals surface area contributed by atoms with Crippen molar-refractivity contribution in [1.82, 2.24) is 15.5 Å². The molecule has 8 heteroatoms. The van der Waals surface area contributed by atoms with Gasteiger partial charge in [0.1, 0.15) is 5.82 Å². The van der Waals surface area contributed by atoms with Gasteiger partial charge in [0.25, 0.3) is 0 Å². The highest BCUT2D eigenvalue weighted by molar-refractivity contribution is 8.01. The van der Waals surface area contributed by atoms with E-state index in [0.29, 0.717) is 15.2 Å². The highest BCUT2D eigenvalue weighted by Crippen LogP contribution is 2.28. The molecule has 0 radical (unpaired) electrons. The number of aromatic nitrogens is 2. The molecule has 5 nitrogen and oxygen atoms in total. The van der Waals surface area contributed by atoms with Crippen LogP contribution in [0.5, 0.6) is 0 Å². The van der Waals surface area contributed by atoms with E-state index < -0.39 is 0 Å². The topological polar surface area (TPSA) is 66.9 Å². The van der Waals surface area contributed by atoms with Crippen molar-refractivity contribution < 1.29 is 9.18 Å². The number of anilines is 2. The number of thioether (sulfide) groups is 1. The van der Waals surface area contributed by atoms with E-state index in [9.17, 15) is 9.18 Å². The number of hydrogen-bond acceptors (Lipinski definition) is 6. The van der Waals surface area contributed by atoms with Crippen LogP contribution in [0.3, 0.4) is 0 Å². The van der Waals surface area contributed by atoms with Crippen LogP contribution in [0.25, 0.3) is 0 Å². The number of carbonyl (C=O) groups excluding carboxylic acids is 1. The van der Waals surface area contributed by atoms with E-state index in [-0.39, 0.29) is 23.5 Å². The molecule has 0 fully saturated rings. The molecule has 0 saturated heterocycles. The standard InChI is InChI=1S/C20H21FN4OS2/c1-3-14-8-10-15(11-9-14)13(2)22-18(26)12-27-20-25-24-19(28-20)23-17-7-5-4-6-16(17)21/h4-11,13H,3,12H2,1-2H3,(H,22,26)(H,23,24). The lowest BCUT2D eigenvalue weighted by atomic mass is 10.1. The number of rotatable bonds is 8. The summed E-state index contributed by atoms with van der Waals surface area (Å²) in [5.41, 5.74) is 2.69. The van der Waals surface area contributed by atoms with Crippen molar-refractivity contribution in [2.45, 2.75) is 30.6 Å². The zero-order valence-corrected chi connectivity index (χ0v) is 17.2. The Morgan fingerprint density at radius 3 is 2.64 bits per heavy atom. The highest BCUT2D eigenvalue weighted by Gasteiger charge is 2.12. The maximum absolute atomic E-state index is 13.7. The Bertz CT molecular complexity index is 930. The Morgan fingerprint density at radius 1 is 1.18 bits per heavy atom. The van der Waals surface area contributed by atoms with E-state index in [1.165, 1.54) is 34.7 Å². The van der Waals surface area contributed by atoms with Crippen molar-refractivity contribution >= 4 is 39.8 Å². The van der Waals surface area contributed by atoms with Gasteiger partial charge in [-0.05, 0) is 36.6 Å². The molecule has 1 amide bonds. The van der Waals surface area contributed by atoms with Gasteiger partial charge in [-0.25, -0.2) is 4.39 Å². The van der Waals surface area contributed by atoms with Crippen molar-refractivity contribution in [2.75, 3.05) is 11.1 Å². The van der Waals surface area contributed by atoms with Crippen LogP contribution in [0.4, 0.5) is 15.2 Å². The van der Waals surface area contributed by atoms with Crippen LogP contribution in [0.15, 0.2) is 52.9 Å². The summed E-state index contributed by atoms with van der Waals surface area (Å²) in [6.45, 7) is 4.08. The zero-order chi connectivity index (χ0) is 19.9. The molecule has 0 aliphatic heterocycles. The summed E-state index contributed by atoms with van der Waals surface area (Å²) in [7, 11) is 0. The number of carbonyl (C=O) groups is 1. The fourth-order valence-electron chi connectivity index (χ4n) is 2.53. The lowest BCUT2D eigenvalue weighted by molar-refractivity contribution is -0.119. The molecule has 1 unspecified atom stereocenters. The van der Waals surface area contributed by atoms with Gasteiger partial charge >= 0.3 is 0 Å². The number of benzene rings is 2. The van der Waals surface area contributed by atoms with E-state index in [1.54, 1.807) is 18.2 Å². The number of halogens is 1. The summed E-state index contributed by atoms with van der Waals surface area (Å²) >= 11 is 2.59. The van der Waals surface area contributed by atoms with Crippen LogP contribution >= 0.6 is 23.1 Å². The normalized spacial score (nSPS) is 11.8. The molecule has 1 heterocycles. The van der Waals surface area contributed by atoms with Gasteiger partial charge in [0.05, 0.1) is 17.5 Å². The van der Waals surface area contributed by atoms with Gasteiger partial charge in [-0.1, -0.05) is 66.4 Å².